The Hall–Kier alpha value is -1.07. The number of carboxylic acids is 1. The van der Waals surface area contributed by atoms with Crippen LogP contribution in [0.2, 0.25) is 5.02 Å². The van der Waals surface area contributed by atoms with E-state index >= 15 is 0 Å². The number of nitrogens with zero attached hydrogens (tertiary/aromatic N) is 3. The van der Waals surface area contributed by atoms with E-state index in [1.807, 2.05) is 4.68 Å². The standard InChI is InChI=1S/C15H24ClN3O2/c1-3-12-15(16)13(19(4-2)17-12)10-18-7-5-11(6-8-18)9-14(20)21/h11H,3-10H2,1-2H3,(H,20,21). The molecule has 0 saturated carbocycles. The van der Waals surface area contributed by atoms with E-state index in [0.29, 0.717) is 12.3 Å². The van der Waals surface area contributed by atoms with Crippen molar-refractivity contribution >= 4 is 17.6 Å². The van der Waals surface area contributed by atoms with Crippen LogP contribution in [0.15, 0.2) is 0 Å². The number of carboxylic acid groups (broad SMARTS) is 1. The van der Waals surface area contributed by atoms with Crippen LogP contribution < -0.4 is 0 Å². The maximum atomic E-state index is 10.8. The van der Waals surface area contributed by atoms with Crippen molar-refractivity contribution in [1.82, 2.24) is 14.7 Å². The second kappa shape index (κ2) is 7.27. The van der Waals surface area contributed by atoms with Gasteiger partial charge in [0.25, 0.3) is 0 Å². The van der Waals surface area contributed by atoms with Crippen LogP contribution in [0.4, 0.5) is 0 Å². The maximum absolute atomic E-state index is 10.8. The number of aliphatic carboxylic acids is 1. The predicted molar refractivity (Wildman–Crippen MR) is 82.5 cm³/mol. The first-order chi connectivity index (χ1) is 10.0. The number of likely N-dealkylation sites (tertiary alicyclic amines) is 1. The lowest BCUT2D eigenvalue weighted by Crippen LogP contribution is -2.34. The predicted octanol–water partition coefficient (Wildman–Crippen LogP) is 2.81. The average Bonchev–Trinajstić information content (AvgIpc) is 2.77. The highest BCUT2D eigenvalue weighted by Crippen LogP contribution is 2.26. The van der Waals surface area contributed by atoms with Gasteiger partial charge in [0, 0.05) is 19.5 Å². The first-order valence-electron chi connectivity index (χ1n) is 7.73. The highest BCUT2D eigenvalue weighted by molar-refractivity contribution is 6.31. The van der Waals surface area contributed by atoms with Crippen molar-refractivity contribution in [3.8, 4) is 0 Å². The molecule has 21 heavy (non-hydrogen) atoms. The van der Waals surface area contributed by atoms with Crippen LogP contribution in [-0.2, 0) is 24.3 Å². The molecule has 0 bridgehead atoms. The molecule has 2 heterocycles. The van der Waals surface area contributed by atoms with Crippen LogP contribution >= 0.6 is 11.6 Å². The van der Waals surface area contributed by atoms with E-state index in [1.165, 1.54) is 0 Å². The lowest BCUT2D eigenvalue weighted by Gasteiger charge is -2.31. The molecule has 6 heteroatoms. The van der Waals surface area contributed by atoms with Gasteiger partial charge in [0.05, 0.1) is 16.4 Å². The van der Waals surface area contributed by atoms with Crippen molar-refractivity contribution in [1.29, 1.82) is 0 Å². The maximum Gasteiger partial charge on any atom is 0.303 e. The molecule has 5 nitrogen and oxygen atoms in total. The Labute approximate surface area is 130 Å². The number of hydrogen-bond donors (Lipinski definition) is 1. The molecule has 1 aliphatic heterocycles. The zero-order valence-corrected chi connectivity index (χ0v) is 13.6. The van der Waals surface area contributed by atoms with E-state index in [2.05, 4.69) is 23.8 Å². The van der Waals surface area contributed by atoms with Crippen molar-refractivity contribution < 1.29 is 9.90 Å². The third kappa shape index (κ3) is 3.98. The van der Waals surface area contributed by atoms with Gasteiger partial charge < -0.3 is 5.11 Å². The number of carbonyl (C=O) groups is 1. The van der Waals surface area contributed by atoms with Gasteiger partial charge in [-0.05, 0) is 45.2 Å². The molecule has 0 aromatic carbocycles. The molecule has 0 radical (unpaired) electrons. The summed E-state index contributed by atoms with van der Waals surface area (Å²) in [4.78, 5) is 13.1. The molecule has 1 aromatic heterocycles. The van der Waals surface area contributed by atoms with Crippen LogP contribution in [0, 0.1) is 5.92 Å². The SMILES string of the molecule is CCc1nn(CC)c(CN2CCC(CC(=O)O)CC2)c1Cl. The smallest absolute Gasteiger partial charge is 0.303 e. The summed E-state index contributed by atoms with van der Waals surface area (Å²) in [6.45, 7) is 7.64. The molecule has 0 spiro atoms. The third-order valence-corrected chi connectivity index (χ3v) is 4.67. The Morgan fingerprint density at radius 2 is 2.05 bits per heavy atom. The summed E-state index contributed by atoms with van der Waals surface area (Å²) in [6.07, 6.45) is 3.04. The first-order valence-corrected chi connectivity index (χ1v) is 8.11. The number of aromatic nitrogens is 2. The first kappa shape index (κ1) is 16.3. The van der Waals surface area contributed by atoms with Gasteiger partial charge in [0.2, 0.25) is 0 Å². The normalized spacial score (nSPS) is 17.3. The molecular formula is C15H24ClN3O2. The van der Waals surface area contributed by atoms with Crippen molar-refractivity contribution in [2.24, 2.45) is 5.92 Å². The topological polar surface area (TPSA) is 58.4 Å². The Morgan fingerprint density at radius 3 is 2.57 bits per heavy atom. The minimum atomic E-state index is -0.687. The van der Waals surface area contributed by atoms with Crippen molar-refractivity contribution in [2.75, 3.05) is 13.1 Å². The van der Waals surface area contributed by atoms with Crippen LogP contribution in [0.1, 0.15) is 44.5 Å². The summed E-state index contributed by atoms with van der Waals surface area (Å²) < 4.78 is 1.99. The zero-order valence-electron chi connectivity index (χ0n) is 12.8. The van der Waals surface area contributed by atoms with E-state index in [9.17, 15) is 4.79 Å². The fraction of sp³-hybridized carbons (Fsp3) is 0.733. The van der Waals surface area contributed by atoms with Crippen LogP contribution in [0.3, 0.4) is 0 Å². The van der Waals surface area contributed by atoms with Gasteiger partial charge >= 0.3 is 5.97 Å². The quantitative estimate of drug-likeness (QED) is 0.877. The minimum absolute atomic E-state index is 0.293. The van der Waals surface area contributed by atoms with Gasteiger partial charge in [-0.3, -0.25) is 14.4 Å². The molecule has 0 unspecified atom stereocenters. The molecule has 0 atom stereocenters. The third-order valence-electron chi connectivity index (χ3n) is 4.24. The largest absolute Gasteiger partial charge is 0.481 e. The van der Waals surface area contributed by atoms with E-state index < -0.39 is 5.97 Å². The number of aryl methyl sites for hydroxylation is 2. The van der Waals surface area contributed by atoms with E-state index in [-0.39, 0.29) is 0 Å². The summed E-state index contributed by atoms with van der Waals surface area (Å²) in [5.74, 6) is -0.371. The molecular weight excluding hydrogens is 290 g/mol. The Kier molecular flexibility index (Phi) is 5.65. The summed E-state index contributed by atoms with van der Waals surface area (Å²) in [7, 11) is 0. The second-order valence-electron chi connectivity index (χ2n) is 5.69. The second-order valence-corrected chi connectivity index (χ2v) is 6.07. The number of rotatable bonds is 6. The highest BCUT2D eigenvalue weighted by atomic mass is 35.5. The molecule has 1 N–H and O–H groups in total. The fourth-order valence-electron chi connectivity index (χ4n) is 2.98. The van der Waals surface area contributed by atoms with E-state index in [4.69, 9.17) is 16.7 Å². The monoisotopic (exact) mass is 313 g/mol. The van der Waals surface area contributed by atoms with Crippen LogP contribution in [0.5, 0.6) is 0 Å². The Bertz CT molecular complexity index is 493. The fourth-order valence-corrected chi connectivity index (χ4v) is 3.30. The van der Waals surface area contributed by atoms with Gasteiger partial charge in [-0.1, -0.05) is 18.5 Å². The summed E-state index contributed by atoms with van der Waals surface area (Å²) in [5, 5.41) is 14.2. The van der Waals surface area contributed by atoms with Crippen molar-refractivity contribution in [3.05, 3.63) is 16.4 Å². The molecule has 1 saturated heterocycles. The Balaban J connectivity index is 1.97. The summed E-state index contributed by atoms with van der Waals surface area (Å²) >= 11 is 6.44. The molecule has 1 fully saturated rings. The van der Waals surface area contributed by atoms with Gasteiger partial charge in [-0.15, -0.1) is 0 Å². The molecule has 118 valence electrons. The average molecular weight is 314 g/mol. The lowest BCUT2D eigenvalue weighted by atomic mass is 9.93. The van der Waals surface area contributed by atoms with Gasteiger partial charge in [0.15, 0.2) is 0 Å². The highest BCUT2D eigenvalue weighted by Gasteiger charge is 2.23. The van der Waals surface area contributed by atoms with Crippen molar-refractivity contribution in [2.45, 2.75) is 52.6 Å². The number of halogens is 1. The van der Waals surface area contributed by atoms with Gasteiger partial charge in [0.1, 0.15) is 0 Å². The van der Waals surface area contributed by atoms with Crippen LogP contribution in [0.25, 0.3) is 0 Å². The summed E-state index contributed by atoms with van der Waals surface area (Å²) in [5.41, 5.74) is 2.06. The molecule has 2 rings (SSSR count). The van der Waals surface area contributed by atoms with E-state index in [1.54, 1.807) is 0 Å². The molecule has 1 aliphatic rings. The zero-order chi connectivity index (χ0) is 15.4. The van der Waals surface area contributed by atoms with Crippen molar-refractivity contribution in [3.63, 3.8) is 0 Å². The molecule has 1 aromatic rings. The number of piperidine rings is 1. The Morgan fingerprint density at radius 1 is 1.38 bits per heavy atom. The van der Waals surface area contributed by atoms with Crippen LogP contribution in [-0.4, -0.2) is 38.8 Å². The van der Waals surface area contributed by atoms with E-state index in [0.717, 1.165) is 61.9 Å². The molecule has 0 amide bonds. The van der Waals surface area contributed by atoms with Gasteiger partial charge in [-0.25, -0.2) is 0 Å². The van der Waals surface area contributed by atoms with Gasteiger partial charge in [-0.2, -0.15) is 5.10 Å². The summed E-state index contributed by atoms with van der Waals surface area (Å²) in [6, 6.07) is 0. The minimum Gasteiger partial charge on any atom is -0.481 e. The molecule has 0 aliphatic carbocycles. The number of hydrogen-bond acceptors (Lipinski definition) is 3. The lowest BCUT2D eigenvalue weighted by molar-refractivity contribution is -0.138.